The van der Waals surface area contributed by atoms with Crippen molar-refractivity contribution in [1.29, 1.82) is 0 Å². The molecule has 0 aliphatic carbocycles. The fourth-order valence-electron chi connectivity index (χ4n) is 3.45. The highest BCUT2D eigenvalue weighted by Gasteiger charge is 2.21. The zero-order chi connectivity index (χ0) is 23.1. The summed E-state index contributed by atoms with van der Waals surface area (Å²) in [7, 11) is 0. The summed E-state index contributed by atoms with van der Waals surface area (Å²) in [6.45, 7) is 4.48. The number of nitrogens with zero attached hydrogens (tertiary/aromatic N) is 2. The monoisotopic (exact) mass is 454 g/mol. The molecule has 0 aliphatic heterocycles. The summed E-state index contributed by atoms with van der Waals surface area (Å²) in [5.74, 6) is 0.813. The second-order valence-corrected chi connectivity index (χ2v) is 8.43. The van der Waals surface area contributed by atoms with E-state index in [2.05, 4.69) is 11.9 Å². The number of carboxylic acid groups (broad SMARTS) is 2. The molecule has 3 rings (SSSR count). The van der Waals surface area contributed by atoms with Gasteiger partial charge in [-0.25, -0.2) is 14.6 Å². The molecule has 0 radical (unpaired) electrons. The number of unbranched alkanes of at least 4 members (excludes halogenated alkanes) is 1. The van der Waals surface area contributed by atoms with Crippen molar-refractivity contribution in [1.82, 2.24) is 9.55 Å². The Labute approximate surface area is 191 Å². The van der Waals surface area contributed by atoms with Crippen molar-refractivity contribution in [3.8, 4) is 17.0 Å². The number of carbonyl (C=O) groups is 2. The van der Waals surface area contributed by atoms with Gasteiger partial charge >= 0.3 is 12.1 Å². The Morgan fingerprint density at radius 3 is 2.41 bits per heavy atom. The number of carboxylic acids is 1. The minimum atomic E-state index is -1.37. The molecule has 32 heavy (non-hydrogen) atoms. The lowest BCUT2D eigenvalue weighted by Crippen LogP contribution is -2.12. The van der Waals surface area contributed by atoms with Crippen LogP contribution in [-0.4, -0.2) is 37.6 Å². The molecule has 0 spiro atoms. The number of thioether (sulfide) groups is 1. The van der Waals surface area contributed by atoms with E-state index in [1.165, 1.54) is 11.8 Å². The lowest BCUT2D eigenvalue weighted by Gasteiger charge is -2.12. The topological polar surface area (TPSA) is 102 Å². The Bertz CT molecular complexity index is 1090. The minimum Gasteiger partial charge on any atom is -0.478 e. The molecule has 0 saturated heterocycles. The van der Waals surface area contributed by atoms with E-state index in [0.29, 0.717) is 17.1 Å². The van der Waals surface area contributed by atoms with Gasteiger partial charge in [0.05, 0.1) is 12.1 Å². The van der Waals surface area contributed by atoms with Crippen LogP contribution in [0.25, 0.3) is 11.1 Å². The largest absolute Gasteiger partial charge is 0.512 e. The average molecular weight is 455 g/mol. The first-order valence-electron chi connectivity index (χ1n) is 10.5. The molecule has 1 aromatic heterocycles. The second kappa shape index (κ2) is 10.9. The highest BCUT2D eigenvalue weighted by atomic mass is 32.2. The maximum atomic E-state index is 11.5. The normalized spacial score (nSPS) is 10.8. The summed E-state index contributed by atoms with van der Waals surface area (Å²) < 4.78 is 6.95. The van der Waals surface area contributed by atoms with Crippen molar-refractivity contribution < 1.29 is 24.5 Å². The fourth-order valence-corrected chi connectivity index (χ4v) is 4.17. The van der Waals surface area contributed by atoms with Crippen LogP contribution in [0.1, 0.15) is 48.4 Å². The third kappa shape index (κ3) is 5.50. The summed E-state index contributed by atoms with van der Waals surface area (Å²) >= 11 is 1.45. The molecule has 2 N–H and O–H groups in total. The van der Waals surface area contributed by atoms with Gasteiger partial charge < -0.3 is 14.9 Å². The highest BCUT2D eigenvalue weighted by Crippen LogP contribution is 2.32. The van der Waals surface area contributed by atoms with Gasteiger partial charge in [-0.1, -0.05) is 62.7 Å². The van der Waals surface area contributed by atoms with Crippen molar-refractivity contribution >= 4 is 23.9 Å². The van der Waals surface area contributed by atoms with Gasteiger partial charge in [-0.3, -0.25) is 4.57 Å². The Hall–Kier alpha value is -3.26. The van der Waals surface area contributed by atoms with E-state index in [1.807, 2.05) is 41.8 Å². The van der Waals surface area contributed by atoms with Crippen molar-refractivity contribution in [2.75, 3.05) is 5.75 Å². The van der Waals surface area contributed by atoms with E-state index in [1.54, 1.807) is 18.2 Å². The summed E-state index contributed by atoms with van der Waals surface area (Å²) in [4.78, 5) is 27.5. The number of aromatic carboxylic acids is 1. The molecule has 0 atom stereocenters. The van der Waals surface area contributed by atoms with Crippen LogP contribution >= 0.6 is 11.8 Å². The molecule has 0 amide bonds. The van der Waals surface area contributed by atoms with E-state index in [4.69, 9.17) is 4.74 Å². The van der Waals surface area contributed by atoms with Gasteiger partial charge in [-0.2, -0.15) is 0 Å². The van der Waals surface area contributed by atoms with Gasteiger partial charge in [0.1, 0.15) is 5.82 Å². The van der Waals surface area contributed by atoms with Gasteiger partial charge in [-0.05, 0) is 34.9 Å². The molecule has 2 aromatic carbocycles. The van der Waals surface area contributed by atoms with Crippen LogP contribution in [0.2, 0.25) is 0 Å². The summed E-state index contributed by atoms with van der Waals surface area (Å²) in [6.07, 6.45) is 1.29. The molecule has 3 aromatic rings. The number of aromatic nitrogens is 2. The molecule has 0 bridgehead atoms. The quantitative estimate of drug-likeness (QED) is 0.294. The van der Waals surface area contributed by atoms with Gasteiger partial charge in [-0.15, -0.1) is 11.8 Å². The van der Waals surface area contributed by atoms with Crippen molar-refractivity contribution in [2.24, 2.45) is 0 Å². The van der Waals surface area contributed by atoms with Crippen molar-refractivity contribution in [3.05, 3.63) is 65.5 Å². The molecule has 1 heterocycles. The predicted octanol–water partition coefficient (Wildman–Crippen LogP) is 5.81. The van der Waals surface area contributed by atoms with Crippen LogP contribution in [0.4, 0.5) is 4.79 Å². The maximum absolute atomic E-state index is 11.5. The van der Waals surface area contributed by atoms with E-state index < -0.39 is 12.1 Å². The number of hydrogen-bond donors (Lipinski definition) is 2. The van der Waals surface area contributed by atoms with Gasteiger partial charge in [0.15, 0.2) is 5.03 Å². The summed E-state index contributed by atoms with van der Waals surface area (Å²) in [5, 5.41) is 19.3. The first-order valence-corrected chi connectivity index (χ1v) is 11.5. The number of rotatable bonds is 10. The number of imidazole rings is 1. The second-order valence-electron chi connectivity index (χ2n) is 7.18. The van der Waals surface area contributed by atoms with E-state index >= 15 is 0 Å². The van der Waals surface area contributed by atoms with Gasteiger partial charge in [0.25, 0.3) is 0 Å². The minimum absolute atomic E-state index is 0.245. The first-order chi connectivity index (χ1) is 15.4. The molecule has 7 nitrogen and oxygen atoms in total. The van der Waals surface area contributed by atoms with Gasteiger partial charge in [0.2, 0.25) is 5.88 Å². The molecule has 0 fully saturated rings. The average Bonchev–Trinajstić information content (AvgIpc) is 3.08. The number of benzene rings is 2. The molecule has 0 aliphatic rings. The predicted molar refractivity (Wildman–Crippen MR) is 124 cm³/mol. The molecular formula is C24H26N2O5S. The van der Waals surface area contributed by atoms with E-state index in [0.717, 1.165) is 42.0 Å². The van der Waals surface area contributed by atoms with Gasteiger partial charge in [0, 0.05) is 6.42 Å². The number of aryl methyl sites for hydroxylation is 1. The fraction of sp³-hybridized carbons (Fsp3) is 0.292. The Morgan fingerprint density at radius 1 is 1.06 bits per heavy atom. The lowest BCUT2D eigenvalue weighted by atomic mass is 9.99. The van der Waals surface area contributed by atoms with Crippen LogP contribution in [-0.2, 0) is 13.0 Å². The van der Waals surface area contributed by atoms with Crippen LogP contribution < -0.4 is 4.74 Å². The van der Waals surface area contributed by atoms with Crippen LogP contribution in [0.5, 0.6) is 5.88 Å². The Balaban J connectivity index is 1.95. The Kier molecular flexibility index (Phi) is 7.94. The molecule has 8 heteroatoms. The maximum Gasteiger partial charge on any atom is 0.512 e. The van der Waals surface area contributed by atoms with Crippen molar-refractivity contribution in [3.63, 3.8) is 0 Å². The number of hydrogen-bond acceptors (Lipinski definition) is 5. The Morgan fingerprint density at radius 2 is 1.78 bits per heavy atom. The third-order valence-corrected chi connectivity index (χ3v) is 5.78. The summed E-state index contributed by atoms with van der Waals surface area (Å²) in [6, 6.07) is 14.4. The molecular weight excluding hydrogens is 428 g/mol. The van der Waals surface area contributed by atoms with Crippen molar-refractivity contribution in [2.45, 2.75) is 44.7 Å². The number of ether oxygens (including phenoxy) is 1. The smallest absolute Gasteiger partial charge is 0.478 e. The lowest BCUT2D eigenvalue weighted by molar-refractivity contribution is 0.0697. The zero-order valence-corrected chi connectivity index (χ0v) is 18.9. The molecule has 0 unspecified atom stereocenters. The highest BCUT2D eigenvalue weighted by molar-refractivity contribution is 7.99. The summed E-state index contributed by atoms with van der Waals surface area (Å²) in [5.41, 5.74) is 2.62. The SMILES string of the molecule is CCCCc1nc(SCC)c(OC(=O)O)n1Cc1ccc(-c2ccccc2C(=O)O)cc1. The standard InChI is InChI=1S/C24H26N2O5S/c1-3-5-10-20-25-21(32-4-2)22(31-24(29)30)26(20)15-16-11-13-17(14-12-16)18-8-6-7-9-19(18)23(27)28/h6-9,11-14H,3-5,10,15H2,1-2H3,(H,27,28)(H,29,30). The van der Waals surface area contributed by atoms with Crippen LogP contribution in [0, 0.1) is 0 Å². The first kappa shape index (κ1) is 23.4. The van der Waals surface area contributed by atoms with Crippen LogP contribution in [0.3, 0.4) is 0 Å². The zero-order valence-electron chi connectivity index (χ0n) is 18.1. The molecule has 168 valence electrons. The molecule has 0 saturated carbocycles. The third-order valence-electron chi connectivity index (χ3n) is 4.95. The van der Waals surface area contributed by atoms with E-state index in [-0.39, 0.29) is 11.4 Å². The van der Waals surface area contributed by atoms with E-state index in [9.17, 15) is 19.8 Å². The van der Waals surface area contributed by atoms with Crippen LogP contribution in [0.15, 0.2) is 53.6 Å².